The molecule has 0 bridgehead atoms. The molecule has 0 radical (unpaired) electrons. The van der Waals surface area contributed by atoms with Crippen molar-refractivity contribution in [1.29, 1.82) is 0 Å². The van der Waals surface area contributed by atoms with Crippen molar-refractivity contribution in [3.63, 3.8) is 0 Å². The predicted molar refractivity (Wildman–Crippen MR) is 227 cm³/mol. The van der Waals surface area contributed by atoms with E-state index in [2.05, 4.69) is 75.6 Å². The Balaban J connectivity index is 1.51. The largest absolute Gasteiger partial charge is 0.445 e. The molecule has 13 heteroatoms. The first-order valence-electron chi connectivity index (χ1n) is 19.1. The molecule has 3 aromatic carbocycles. The van der Waals surface area contributed by atoms with Gasteiger partial charge in [0.05, 0.1) is 26.4 Å². The van der Waals surface area contributed by atoms with Gasteiger partial charge in [-0.15, -0.1) is 11.8 Å². The van der Waals surface area contributed by atoms with Gasteiger partial charge in [0.15, 0.2) is 8.32 Å². The summed E-state index contributed by atoms with van der Waals surface area (Å²) in [5, 5.41) is 2.74. The topological polar surface area (TPSA) is 84.5 Å². The molecule has 0 saturated carbocycles. The van der Waals surface area contributed by atoms with E-state index in [9.17, 15) is 4.79 Å². The highest BCUT2D eigenvalue weighted by molar-refractivity contribution is 7.99. The van der Waals surface area contributed by atoms with Gasteiger partial charge in [0, 0.05) is 6.54 Å². The fourth-order valence-electron chi connectivity index (χ4n) is 5.69. The Morgan fingerprint density at radius 2 is 1.22 bits per heavy atom. The molecule has 0 aliphatic carbocycles. The molecule has 1 heterocycles. The number of thioether (sulfide) groups is 1. The second-order valence-electron chi connectivity index (χ2n) is 15.3. The average Bonchev–Trinajstić information content (AvgIpc) is 3.15. The fourth-order valence-corrected chi connectivity index (χ4v) is 8.12. The molecule has 4 rings (SSSR count). The van der Waals surface area contributed by atoms with Gasteiger partial charge in [-0.1, -0.05) is 159 Å². The lowest BCUT2D eigenvalue weighted by Gasteiger charge is -2.47. The van der Waals surface area contributed by atoms with E-state index in [0.717, 1.165) is 48.1 Å². The van der Waals surface area contributed by atoms with Crippen LogP contribution in [0.1, 0.15) is 63.1 Å². The molecular weight excluding hydrogens is 797 g/mol. The summed E-state index contributed by atoms with van der Waals surface area (Å²) in [6.45, 7) is 13.0. The van der Waals surface area contributed by atoms with Crippen LogP contribution in [-0.2, 0) is 47.9 Å². The molecule has 304 valence electrons. The summed E-state index contributed by atoms with van der Waals surface area (Å²) < 4.78 is 37.7. The van der Waals surface area contributed by atoms with Crippen LogP contribution in [0.3, 0.4) is 0 Å². The van der Waals surface area contributed by atoms with Gasteiger partial charge in [0.2, 0.25) is 3.79 Å². The van der Waals surface area contributed by atoms with Gasteiger partial charge in [-0.05, 0) is 53.4 Å². The van der Waals surface area contributed by atoms with Gasteiger partial charge in [-0.3, -0.25) is 0 Å². The zero-order chi connectivity index (χ0) is 39.7. The average molecular weight is 855 g/mol. The van der Waals surface area contributed by atoms with Crippen molar-refractivity contribution >= 4 is 61.0 Å². The van der Waals surface area contributed by atoms with Gasteiger partial charge in [0.1, 0.15) is 36.5 Å². The SMILES string of the molecule is CC(C)(C)[Si](C)(C)OC[C@H]1O[C@@H](SCCCCCCNC(=O)OCC(Cl)(Cl)Cl)[C@H](OCc2ccccc2)[C@@H](OCc2ccccc2)[C@H]1OCc1ccccc1. The number of halogens is 3. The van der Waals surface area contributed by atoms with Crippen LogP contribution in [0.15, 0.2) is 91.0 Å². The van der Waals surface area contributed by atoms with E-state index in [1.165, 1.54) is 0 Å². The van der Waals surface area contributed by atoms with Gasteiger partial charge in [-0.25, -0.2) is 4.79 Å². The Labute approximate surface area is 348 Å². The van der Waals surface area contributed by atoms with Crippen LogP contribution >= 0.6 is 46.6 Å². The van der Waals surface area contributed by atoms with Gasteiger partial charge >= 0.3 is 6.09 Å². The first-order chi connectivity index (χ1) is 26.2. The number of benzene rings is 3. The van der Waals surface area contributed by atoms with E-state index >= 15 is 0 Å². The Kier molecular flexibility index (Phi) is 19.1. The molecule has 1 amide bonds. The highest BCUT2D eigenvalue weighted by Gasteiger charge is 2.49. The third-order valence-corrected chi connectivity index (χ3v) is 15.9. The Morgan fingerprint density at radius 1 is 0.727 bits per heavy atom. The van der Waals surface area contributed by atoms with Gasteiger partial charge in [0.25, 0.3) is 0 Å². The minimum atomic E-state index is -2.13. The lowest BCUT2D eigenvalue weighted by Crippen LogP contribution is -2.61. The number of alkyl carbamates (subject to hydrolysis) is 1. The van der Waals surface area contributed by atoms with E-state index in [-0.39, 0.29) is 23.2 Å². The normalized spacial score (nSPS) is 20.6. The molecule has 3 aromatic rings. The van der Waals surface area contributed by atoms with Crippen molar-refractivity contribution in [2.24, 2.45) is 0 Å². The molecule has 0 spiro atoms. The molecule has 1 aliphatic rings. The van der Waals surface area contributed by atoms with Crippen LogP contribution in [0.4, 0.5) is 4.79 Å². The molecule has 1 fully saturated rings. The molecular formula is C42H58Cl3NO7SSi. The summed E-state index contributed by atoms with van der Waals surface area (Å²) in [5.41, 5.74) is 2.89. The second-order valence-corrected chi connectivity index (χ2v) is 23.8. The van der Waals surface area contributed by atoms with E-state index in [1.54, 1.807) is 11.8 Å². The summed E-state index contributed by atoms with van der Waals surface area (Å²) in [4.78, 5) is 11.9. The number of ether oxygens (including phenoxy) is 5. The molecule has 8 nitrogen and oxygen atoms in total. The van der Waals surface area contributed by atoms with Crippen LogP contribution in [0, 0.1) is 0 Å². The quantitative estimate of drug-likeness (QED) is 0.0644. The number of nitrogens with one attached hydrogen (secondary N) is 1. The van der Waals surface area contributed by atoms with Crippen molar-refractivity contribution in [3.05, 3.63) is 108 Å². The van der Waals surface area contributed by atoms with Crippen molar-refractivity contribution in [1.82, 2.24) is 5.32 Å². The highest BCUT2D eigenvalue weighted by atomic mass is 35.6. The zero-order valence-corrected chi connectivity index (χ0v) is 36.8. The van der Waals surface area contributed by atoms with E-state index < -0.39 is 36.5 Å². The third kappa shape index (κ3) is 16.5. The number of carbonyl (C=O) groups is 1. The van der Waals surface area contributed by atoms with Crippen LogP contribution in [0.25, 0.3) is 0 Å². The molecule has 1 N–H and O–H groups in total. The highest BCUT2D eigenvalue weighted by Crippen LogP contribution is 2.39. The van der Waals surface area contributed by atoms with Crippen LogP contribution in [0.5, 0.6) is 0 Å². The maximum Gasteiger partial charge on any atom is 0.407 e. The molecule has 0 unspecified atom stereocenters. The smallest absolute Gasteiger partial charge is 0.407 e. The van der Waals surface area contributed by atoms with Crippen molar-refractivity contribution in [2.45, 2.75) is 118 Å². The summed E-state index contributed by atoms with van der Waals surface area (Å²) in [6, 6.07) is 30.6. The third-order valence-electron chi connectivity index (χ3n) is 9.85. The zero-order valence-electron chi connectivity index (χ0n) is 32.7. The van der Waals surface area contributed by atoms with Crippen molar-refractivity contribution in [2.75, 3.05) is 25.5 Å². The summed E-state index contributed by atoms with van der Waals surface area (Å²) in [5.74, 6) is 0.853. The Hall–Kier alpha value is -1.83. The van der Waals surface area contributed by atoms with Crippen LogP contribution in [0.2, 0.25) is 18.1 Å². The monoisotopic (exact) mass is 853 g/mol. The van der Waals surface area contributed by atoms with Gasteiger partial charge < -0.3 is 33.4 Å². The number of amides is 1. The van der Waals surface area contributed by atoms with E-state index in [0.29, 0.717) is 33.0 Å². The maximum atomic E-state index is 11.9. The molecule has 1 aliphatic heterocycles. The number of carbonyl (C=O) groups excluding carboxylic acids is 1. The molecule has 0 aromatic heterocycles. The molecule has 1 saturated heterocycles. The number of rotatable bonds is 21. The number of hydrogen-bond acceptors (Lipinski definition) is 8. The standard InChI is InChI=1S/C42H58Cl3NO7SSi/c1-41(2,3)55(4,5)52-30-35-36(48-27-32-19-11-8-12-20-32)37(49-28-33-21-13-9-14-22-33)38(50-29-34-23-15-10-16-24-34)39(53-35)54-26-18-7-6-17-25-46-40(47)51-31-42(43,44)45/h8-16,19-24,35-39H,6-7,17-18,25-31H2,1-5H3,(H,46,47)/t35-,36+,37+,38-,39+/m1/s1. The number of hydrogen-bond donors (Lipinski definition) is 1. The second kappa shape index (κ2) is 22.9. The summed E-state index contributed by atoms with van der Waals surface area (Å²) >= 11 is 18.7. The minimum Gasteiger partial charge on any atom is -0.445 e. The predicted octanol–water partition coefficient (Wildman–Crippen LogP) is 10.9. The maximum absolute atomic E-state index is 11.9. The minimum absolute atomic E-state index is 0.0288. The number of unbranched alkanes of at least 4 members (excludes halogenated alkanes) is 3. The lowest BCUT2D eigenvalue weighted by molar-refractivity contribution is -0.251. The van der Waals surface area contributed by atoms with Crippen LogP contribution in [-0.4, -0.2) is 73.6 Å². The lowest BCUT2D eigenvalue weighted by atomic mass is 9.99. The Morgan fingerprint density at radius 3 is 1.73 bits per heavy atom. The summed E-state index contributed by atoms with van der Waals surface area (Å²) in [7, 11) is -2.13. The van der Waals surface area contributed by atoms with Crippen molar-refractivity contribution < 1.29 is 32.9 Å². The molecule has 55 heavy (non-hydrogen) atoms. The molecule has 5 atom stereocenters. The van der Waals surface area contributed by atoms with Crippen LogP contribution < -0.4 is 5.32 Å². The van der Waals surface area contributed by atoms with Crippen molar-refractivity contribution in [3.8, 4) is 0 Å². The summed E-state index contributed by atoms with van der Waals surface area (Å²) in [6.07, 6.45) is 1.36. The first kappa shape index (κ1) is 45.9. The fraction of sp³-hybridized carbons (Fsp3) is 0.548. The van der Waals surface area contributed by atoms with E-state index in [4.69, 9.17) is 62.9 Å². The van der Waals surface area contributed by atoms with Gasteiger partial charge in [-0.2, -0.15) is 0 Å². The number of alkyl halides is 3. The van der Waals surface area contributed by atoms with E-state index in [1.807, 2.05) is 54.6 Å². The first-order valence-corrected chi connectivity index (χ1v) is 24.2. The Bertz CT molecular complexity index is 1520.